The molecule has 2 aliphatic rings. The van der Waals surface area contributed by atoms with E-state index in [0.717, 1.165) is 18.7 Å². The van der Waals surface area contributed by atoms with Crippen molar-refractivity contribution < 1.29 is 19.5 Å². The lowest BCUT2D eigenvalue weighted by Gasteiger charge is -2.55. The van der Waals surface area contributed by atoms with Crippen LogP contribution in [0.15, 0.2) is 47.2 Å². The van der Waals surface area contributed by atoms with E-state index < -0.39 is 16.6 Å². The molecule has 9 heteroatoms. The van der Waals surface area contributed by atoms with Gasteiger partial charge in [0.05, 0.1) is 12.0 Å². The molecule has 2 saturated heterocycles. The summed E-state index contributed by atoms with van der Waals surface area (Å²) in [6.45, 7) is 10.5. The zero-order chi connectivity index (χ0) is 28.0. The second-order valence-electron chi connectivity index (χ2n) is 12.1. The first-order valence-electron chi connectivity index (χ1n) is 13.7. The Labute approximate surface area is 229 Å². The summed E-state index contributed by atoms with van der Waals surface area (Å²) < 4.78 is 5.52. The molecule has 0 saturated carbocycles. The molecular weight excluding hydrogens is 494 g/mol. The van der Waals surface area contributed by atoms with E-state index in [1.165, 1.54) is 5.56 Å². The maximum Gasteiger partial charge on any atom is 0.229 e. The van der Waals surface area contributed by atoms with Gasteiger partial charge in [0.25, 0.3) is 0 Å². The van der Waals surface area contributed by atoms with Crippen LogP contribution in [-0.2, 0) is 16.8 Å². The molecule has 3 aromatic rings. The number of likely N-dealkylation sites (tertiary alicyclic amines) is 2. The number of hydrogen-bond donors (Lipinski definition) is 2. The van der Waals surface area contributed by atoms with Gasteiger partial charge in [0, 0.05) is 62.0 Å². The summed E-state index contributed by atoms with van der Waals surface area (Å²) in [5, 5.41) is 27.7. The molecule has 2 aromatic heterocycles. The normalized spacial score (nSPS) is 20.5. The highest BCUT2D eigenvalue weighted by atomic mass is 16.5. The molecule has 2 fully saturated rings. The van der Waals surface area contributed by atoms with E-state index in [2.05, 4.69) is 60.0 Å². The molecule has 5 rings (SSSR count). The molecule has 2 N–H and O–H groups in total. The van der Waals surface area contributed by atoms with Crippen LogP contribution in [0.4, 0.5) is 0 Å². The summed E-state index contributed by atoms with van der Waals surface area (Å²) in [7, 11) is 2.05. The first kappa shape index (κ1) is 27.4. The Morgan fingerprint density at radius 1 is 1.13 bits per heavy atom. The molecule has 0 bridgehead atoms. The van der Waals surface area contributed by atoms with E-state index in [1.807, 2.05) is 18.2 Å². The second-order valence-corrected chi connectivity index (χ2v) is 12.1. The lowest BCUT2D eigenvalue weighted by Crippen LogP contribution is -2.63. The summed E-state index contributed by atoms with van der Waals surface area (Å²) in [6, 6.07) is 10.1. The number of rotatable bonds is 7. The topological polar surface area (TPSA) is 116 Å². The van der Waals surface area contributed by atoms with Crippen molar-refractivity contribution in [2.45, 2.75) is 64.1 Å². The fourth-order valence-corrected chi connectivity index (χ4v) is 6.25. The van der Waals surface area contributed by atoms with Crippen LogP contribution in [0.5, 0.6) is 0 Å². The molecule has 208 valence electrons. The van der Waals surface area contributed by atoms with Crippen molar-refractivity contribution in [1.29, 1.82) is 0 Å². The van der Waals surface area contributed by atoms with Gasteiger partial charge in [0.15, 0.2) is 0 Å². The third-order valence-corrected chi connectivity index (χ3v) is 8.61. The highest BCUT2D eigenvalue weighted by Crippen LogP contribution is 2.50. The summed E-state index contributed by atoms with van der Waals surface area (Å²) in [6.07, 6.45) is 4.51. The predicted octanol–water partition coefficient (Wildman–Crippen LogP) is 3.36. The third-order valence-electron chi connectivity index (χ3n) is 8.61. The molecule has 2 aliphatic heterocycles. The van der Waals surface area contributed by atoms with E-state index >= 15 is 0 Å². The minimum atomic E-state index is -1.27. The average Bonchev–Trinajstić information content (AvgIpc) is 3.35. The number of aromatic nitrogens is 3. The van der Waals surface area contributed by atoms with Crippen molar-refractivity contribution in [2.24, 2.45) is 5.41 Å². The molecule has 1 atom stereocenters. The molecule has 0 radical (unpaired) electrons. The van der Waals surface area contributed by atoms with Crippen molar-refractivity contribution >= 4 is 5.91 Å². The number of aliphatic hydroxyl groups is 2. The minimum absolute atomic E-state index is 0.0164. The van der Waals surface area contributed by atoms with Crippen LogP contribution in [0.1, 0.15) is 69.0 Å². The van der Waals surface area contributed by atoms with Crippen molar-refractivity contribution in [3.05, 3.63) is 65.3 Å². The number of carbonyl (C=O) groups excluding carboxylic acids is 1. The van der Waals surface area contributed by atoms with Crippen LogP contribution >= 0.6 is 0 Å². The first-order valence-corrected chi connectivity index (χ1v) is 13.7. The molecule has 1 aromatic carbocycles. The van der Waals surface area contributed by atoms with Gasteiger partial charge in [-0.3, -0.25) is 9.78 Å². The lowest BCUT2D eigenvalue weighted by molar-refractivity contribution is -0.133. The van der Waals surface area contributed by atoms with Gasteiger partial charge in [0.1, 0.15) is 5.60 Å². The monoisotopic (exact) mass is 533 g/mol. The first-order chi connectivity index (χ1) is 18.4. The average molecular weight is 534 g/mol. The number of carbonyl (C=O) groups is 1. The van der Waals surface area contributed by atoms with E-state index in [1.54, 1.807) is 24.2 Å². The van der Waals surface area contributed by atoms with E-state index in [4.69, 9.17) is 4.52 Å². The Hall–Kier alpha value is -3.14. The highest BCUT2D eigenvalue weighted by Gasteiger charge is 2.55. The Kier molecular flexibility index (Phi) is 7.11. The Bertz CT molecular complexity index is 1320. The smallest absolute Gasteiger partial charge is 0.229 e. The lowest BCUT2D eigenvalue weighted by atomic mass is 9.62. The fourth-order valence-electron chi connectivity index (χ4n) is 6.25. The van der Waals surface area contributed by atoms with Gasteiger partial charge in [-0.2, -0.15) is 4.98 Å². The standard InChI is InChI=1S/C30H39N5O4/c1-20(2)22-6-8-24(9-7-22)30(38,28(4)18-34(5)19-28)25-14-23(16-31-17-25)27-32-26(39-33-27)15-29(37)10-12-35(13-11-29)21(3)36/h6-9,14,16-17,20,37-38H,10-13,15,18-19H2,1-5H3/t30-/m0/s1. The zero-order valence-electron chi connectivity index (χ0n) is 23.5. The van der Waals surface area contributed by atoms with Gasteiger partial charge in [0.2, 0.25) is 17.6 Å². The number of hydrogen-bond acceptors (Lipinski definition) is 8. The molecule has 39 heavy (non-hydrogen) atoms. The molecule has 9 nitrogen and oxygen atoms in total. The Balaban J connectivity index is 1.43. The Morgan fingerprint density at radius 3 is 2.38 bits per heavy atom. The maximum absolute atomic E-state index is 12.5. The number of piperidine rings is 1. The van der Waals surface area contributed by atoms with Crippen LogP contribution in [0, 0.1) is 5.41 Å². The van der Waals surface area contributed by atoms with Gasteiger partial charge in [-0.05, 0) is 43.0 Å². The van der Waals surface area contributed by atoms with Gasteiger partial charge < -0.3 is 24.5 Å². The molecular formula is C30H39N5O4. The summed E-state index contributed by atoms with van der Waals surface area (Å²) >= 11 is 0. The van der Waals surface area contributed by atoms with Crippen molar-refractivity contribution in [1.82, 2.24) is 24.9 Å². The van der Waals surface area contributed by atoms with Crippen LogP contribution in [0.25, 0.3) is 11.4 Å². The highest BCUT2D eigenvalue weighted by molar-refractivity contribution is 5.73. The van der Waals surface area contributed by atoms with Crippen molar-refractivity contribution in [3.63, 3.8) is 0 Å². The Morgan fingerprint density at radius 2 is 1.79 bits per heavy atom. The third kappa shape index (κ3) is 5.11. The van der Waals surface area contributed by atoms with Gasteiger partial charge in [-0.15, -0.1) is 0 Å². The summed E-state index contributed by atoms with van der Waals surface area (Å²) in [5.74, 6) is 1.11. The van der Waals surface area contributed by atoms with Crippen LogP contribution in [0.2, 0.25) is 0 Å². The second kappa shape index (κ2) is 10.1. The van der Waals surface area contributed by atoms with Crippen LogP contribution in [0.3, 0.4) is 0 Å². The minimum Gasteiger partial charge on any atom is -0.389 e. The predicted molar refractivity (Wildman–Crippen MR) is 147 cm³/mol. The molecule has 0 unspecified atom stereocenters. The van der Waals surface area contributed by atoms with Crippen molar-refractivity contribution in [3.8, 4) is 11.4 Å². The SMILES string of the molecule is CC(=O)N1CCC(O)(Cc2nc(-c3cncc([C@@](O)(c4ccc(C(C)C)cc4)C4(C)CN(C)C4)c3)no2)CC1. The number of pyridine rings is 1. The maximum atomic E-state index is 12.5. The molecule has 4 heterocycles. The van der Waals surface area contributed by atoms with Crippen LogP contribution in [-0.4, -0.2) is 79.9 Å². The van der Waals surface area contributed by atoms with Gasteiger partial charge in [-0.25, -0.2) is 0 Å². The summed E-state index contributed by atoms with van der Waals surface area (Å²) in [4.78, 5) is 24.6. The van der Waals surface area contributed by atoms with Gasteiger partial charge >= 0.3 is 0 Å². The largest absolute Gasteiger partial charge is 0.389 e. The molecule has 0 spiro atoms. The number of benzene rings is 1. The summed E-state index contributed by atoms with van der Waals surface area (Å²) in [5.41, 5.74) is 0.671. The van der Waals surface area contributed by atoms with Crippen LogP contribution < -0.4 is 0 Å². The van der Waals surface area contributed by atoms with Gasteiger partial charge in [-0.1, -0.05) is 50.2 Å². The number of amides is 1. The van der Waals surface area contributed by atoms with E-state index in [0.29, 0.717) is 54.7 Å². The van der Waals surface area contributed by atoms with E-state index in [-0.39, 0.29) is 12.3 Å². The van der Waals surface area contributed by atoms with Crippen molar-refractivity contribution in [2.75, 3.05) is 33.2 Å². The zero-order valence-corrected chi connectivity index (χ0v) is 23.5. The molecule has 0 aliphatic carbocycles. The fraction of sp³-hybridized carbons (Fsp3) is 0.533. The van der Waals surface area contributed by atoms with E-state index in [9.17, 15) is 15.0 Å². The molecule has 1 amide bonds. The quantitative estimate of drug-likeness (QED) is 0.475. The number of nitrogens with zero attached hydrogens (tertiary/aromatic N) is 5.